The van der Waals surface area contributed by atoms with E-state index in [0.29, 0.717) is 5.92 Å². The van der Waals surface area contributed by atoms with Gasteiger partial charge in [0.1, 0.15) is 8.64 Å². The second-order valence-electron chi connectivity index (χ2n) is 17.8. The number of thioether (sulfide) groups is 1. The van der Waals surface area contributed by atoms with E-state index in [2.05, 4.69) is 197 Å². The van der Waals surface area contributed by atoms with Crippen molar-refractivity contribution >= 4 is 105 Å². The summed E-state index contributed by atoms with van der Waals surface area (Å²) in [4.78, 5) is 8.16. The first-order valence-electron chi connectivity index (χ1n) is 24.2. The van der Waals surface area contributed by atoms with Crippen LogP contribution in [-0.4, -0.2) is 51.3 Å². The largest absolute Gasteiger partial charge is 0.357 e. The molecule has 69 heavy (non-hydrogen) atoms. The zero-order chi connectivity index (χ0) is 47.7. The maximum atomic E-state index is 6.20. The van der Waals surface area contributed by atoms with Crippen LogP contribution in [0.15, 0.2) is 182 Å². The van der Waals surface area contributed by atoms with Crippen molar-refractivity contribution < 1.29 is 0 Å². The van der Waals surface area contributed by atoms with Gasteiger partial charge in [0.25, 0.3) is 0 Å². The van der Waals surface area contributed by atoms with Crippen molar-refractivity contribution in [3.63, 3.8) is 0 Å². The van der Waals surface area contributed by atoms with Gasteiger partial charge in [-0.3, -0.25) is 0 Å². The minimum absolute atomic E-state index is 0.714. The Hall–Kier alpha value is -3.26. The van der Waals surface area contributed by atoms with Crippen LogP contribution in [0.3, 0.4) is 0 Å². The lowest BCUT2D eigenvalue weighted by atomic mass is 9.71. The first-order chi connectivity index (χ1) is 33.9. The topological polar surface area (TPSA) is 9.72 Å². The molecule has 1 fully saturated rings. The molecule has 0 bridgehead atoms. The van der Waals surface area contributed by atoms with Gasteiger partial charge in [-0.2, -0.15) is 11.8 Å². The van der Waals surface area contributed by atoms with Gasteiger partial charge in [-0.05, 0) is 111 Å². The van der Waals surface area contributed by atoms with Crippen LogP contribution in [0.4, 0.5) is 0 Å². The van der Waals surface area contributed by atoms with Crippen LogP contribution in [0.25, 0.3) is 0 Å². The zero-order valence-corrected chi connectivity index (χ0v) is 46.0. The molecule has 0 N–H and O–H groups in total. The van der Waals surface area contributed by atoms with E-state index >= 15 is 0 Å². The first-order valence-corrected chi connectivity index (χ1v) is 31.2. The molecule has 7 rings (SSSR count). The highest BCUT2D eigenvalue weighted by atomic mass is 33.1. The van der Waals surface area contributed by atoms with Crippen LogP contribution in [0.1, 0.15) is 71.9 Å². The van der Waals surface area contributed by atoms with Crippen LogP contribution < -0.4 is 0 Å². The standard InChI is InChI=1S/C58H65N3S8/c62-56(59(40-48-19-7-1-8-20-48)41-49-21-9-2-10-22-49)46-65-36-34-55-39-47(33-37-66-68-57(63)60(42-50-23-11-3-12-24-50)43-51-25-13-4-14-26-51)31-32-54(55)35-38-67-69-58(64)61(44-52-27-15-5-16-28-52)45-53-29-17-6-18-30-53/h1-30,47,54-55H,31-46H2. The van der Waals surface area contributed by atoms with Crippen molar-refractivity contribution in [2.75, 3.05) is 23.0 Å². The van der Waals surface area contributed by atoms with Crippen LogP contribution in [-0.2, 0) is 39.3 Å². The second kappa shape index (κ2) is 30.6. The SMILES string of the molecule is S=C(CSCCC1CC(CCSSC(=S)N(Cc2ccccc2)Cc2ccccc2)CCC1CCSSC(=S)N(Cc1ccccc1)Cc1ccccc1)N(Cc1ccccc1)Cc1ccccc1. The minimum Gasteiger partial charge on any atom is -0.357 e. The maximum absolute atomic E-state index is 6.20. The van der Waals surface area contributed by atoms with Gasteiger partial charge < -0.3 is 14.7 Å². The fourth-order valence-electron chi connectivity index (χ4n) is 9.03. The molecular formula is C58H65N3S8. The number of nitrogens with zero attached hydrogens (tertiary/aromatic N) is 3. The van der Waals surface area contributed by atoms with E-state index in [0.717, 1.165) is 87.7 Å². The lowest BCUT2D eigenvalue weighted by Crippen LogP contribution is -2.30. The lowest BCUT2D eigenvalue weighted by molar-refractivity contribution is 0.169. The van der Waals surface area contributed by atoms with E-state index in [1.165, 1.54) is 71.9 Å². The van der Waals surface area contributed by atoms with Gasteiger partial charge in [0, 0.05) is 56.5 Å². The summed E-state index contributed by atoms with van der Waals surface area (Å²) < 4.78 is 1.93. The summed E-state index contributed by atoms with van der Waals surface area (Å²) in [6, 6.07) is 64.4. The number of thiocarbonyl (C=S) groups is 3. The molecule has 360 valence electrons. The summed E-state index contributed by atoms with van der Waals surface area (Å²) in [5.41, 5.74) is 7.73. The summed E-state index contributed by atoms with van der Waals surface area (Å²) in [6.45, 7) is 4.92. The molecule has 0 heterocycles. The molecule has 6 aromatic carbocycles. The zero-order valence-electron chi connectivity index (χ0n) is 39.5. The molecule has 0 aliphatic heterocycles. The van der Waals surface area contributed by atoms with E-state index in [1.807, 2.05) is 33.3 Å². The van der Waals surface area contributed by atoms with Crippen LogP contribution in [0.2, 0.25) is 0 Å². The minimum atomic E-state index is 0.714. The van der Waals surface area contributed by atoms with Crippen LogP contribution in [0, 0.1) is 17.8 Å². The van der Waals surface area contributed by atoms with E-state index in [1.54, 1.807) is 21.6 Å². The Morgan fingerprint density at radius 2 is 0.725 bits per heavy atom. The maximum Gasteiger partial charge on any atom is 0.147 e. The van der Waals surface area contributed by atoms with Crippen molar-refractivity contribution in [3.8, 4) is 0 Å². The second-order valence-corrected chi connectivity index (χ2v) is 25.5. The van der Waals surface area contributed by atoms with E-state index < -0.39 is 0 Å². The highest BCUT2D eigenvalue weighted by Gasteiger charge is 2.30. The Balaban J connectivity index is 0.929. The number of benzene rings is 6. The van der Waals surface area contributed by atoms with Crippen molar-refractivity contribution in [2.45, 2.75) is 77.8 Å². The highest BCUT2D eigenvalue weighted by Crippen LogP contribution is 2.42. The Labute approximate surface area is 450 Å². The molecule has 0 spiro atoms. The third-order valence-corrected chi connectivity index (χ3v) is 20.4. The quantitative estimate of drug-likeness (QED) is 0.0308. The Kier molecular flexibility index (Phi) is 23.7. The fraction of sp³-hybridized carbons (Fsp3) is 0.328. The molecule has 0 amide bonds. The molecule has 0 radical (unpaired) electrons. The monoisotopic (exact) mass is 1060 g/mol. The van der Waals surface area contributed by atoms with Gasteiger partial charge in [0.15, 0.2) is 0 Å². The summed E-state index contributed by atoms with van der Waals surface area (Å²) in [6.07, 6.45) is 7.65. The first kappa shape index (κ1) is 53.5. The van der Waals surface area contributed by atoms with Gasteiger partial charge in [-0.1, -0.05) is 247 Å². The van der Waals surface area contributed by atoms with Gasteiger partial charge >= 0.3 is 0 Å². The smallest absolute Gasteiger partial charge is 0.147 e. The molecule has 1 aliphatic rings. The number of hydrogen-bond donors (Lipinski definition) is 0. The summed E-state index contributed by atoms with van der Waals surface area (Å²) in [7, 11) is 7.48. The van der Waals surface area contributed by atoms with Crippen molar-refractivity contribution in [1.82, 2.24) is 14.7 Å². The van der Waals surface area contributed by atoms with Gasteiger partial charge in [-0.15, -0.1) is 0 Å². The molecule has 11 heteroatoms. The van der Waals surface area contributed by atoms with Crippen molar-refractivity contribution in [3.05, 3.63) is 215 Å². The predicted octanol–water partition coefficient (Wildman–Crippen LogP) is 16.7. The normalized spacial score (nSPS) is 15.6. The molecule has 1 aliphatic carbocycles. The summed E-state index contributed by atoms with van der Waals surface area (Å²) in [5.74, 6) is 6.43. The van der Waals surface area contributed by atoms with Crippen molar-refractivity contribution in [1.29, 1.82) is 0 Å². The molecule has 3 unspecified atom stereocenters. The Bertz CT molecular complexity index is 2260. The molecule has 3 nitrogen and oxygen atoms in total. The predicted molar refractivity (Wildman–Crippen MR) is 320 cm³/mol. The summed E-state index contributed by atoms with van der Waals surface area (Å²) >= 11 is 20.5. The van der Waals surface area contributed by atoms with E-state index in [9.17, 15) is 0 Å². The van der Waals surface area contributed by atoms with E-state index in [-0.39, 0.29) is 0 Å². The van der Waals surface area contributed by atoms with E-state index in [4.69, 9.17) is 36.7 Å². The molecule has 3 atom stereocenters. The third-order valence-electron chi connectivity index (χ3n) is 12.7. The van der Waals surface area contributed by atoms with Crippen molar-refractivity contribution in [2.24, 2.45) is 17.8 Å². The lowest BCUT2D eigenvalue weighted by Gasteiger charge is -2.36. The molecular weight excluding hydrogens is 995 g/mol. The Morgan fingerprint density at radius 1 is 0.391 bits per heavy atom. The number of hydrogen-bond acceptors (Lipinski definition) is 8. The molecule has 6 aromatic rings. The molecule has 1 saturated carbocycles. The summed E-state index contributed by atoms with van der Waals surface area (Å²) in [5, 5.41) is 0. The van der Waals surface area contributed by atoms with Gasteiger partial charge in [0.2, 0.25) is 0 Å². The average Bonchev–Trinajstić information content (AvgIpc) is 3.39. The number of rotatable bonds is 25. The highest BCUT2D eigenvalue weighted by molar-refractivity contribution is 8.84. The van der Waals surface area contributed by atoms with Gasteiger partial charge in [0.05, 0.1) is 4.99 Å². The fourth-order valence-corrected chi connectivity index (χ4v) is 15.5. The molecule has 0 saturated heterocycles. The van der Waals surface area contributed by atoms with Gasteiger partial charge in [-0.25, -0.2) is 0 Å². The Morgan fingerprint density at radius 3 is 1.10 bits per heavy atom. The van der Waals surface area contributed by atoms with Crippen LogP contribution in [0.5, 0.6) is 0 Å². The average molecular weight is 1060 g/mol. The molecule has 0 aromatic heterocycles. The third kappa shape index (κ3) is 19.4. The van der Waals surface area contributed by atoms with Crippen LogP contribution >= 0.6 is 91.6 Å².